The first kappa shape index (κ1) is 22.6. The summed E-state index contributed by atoms with van der Waals surface area (Å²) in [5.41, 5.74) is 3.53. The van der Waals surface area contributed by atoms with Crippen LogP contribution in [0.15, 0.2) is 41.3 Å². The number of benzene rings is 2. The number of amides is 1. The van der Waals surface area contributed by atoms with Crippen LogP contribution in [-0.2, 0) is 24.3 Å². The topological polar surface area (TPSA) is 102 Å². The Bertz CT molecular complexity index is 991. The van der Waals surface area contributed by atoms with Crippen LogP contribution in [0.5, 0.6) is 0 Å². The largest absolute Gasteiger partial charge is 0.454 e. The normalized spacial score (nSPS) is 12.3. The second-order valence-electron chi connectivity index (χ2n) is 6.95. The molecule has 8 heteroatoms. The number of esters is 1. The average molecular weight is 419 g/mol. The molecule has 2 rings (SSSR count). The number of sulfonamides is 1. The molecule has 1 atom stereocenters. The lowest BCUT2D eigenvalue weighted by atomic mass is 10.0. The van der Waals surface area contributed by atoms with E-state index >= 15 is 0 Å². The van der Waals surface area contributed by atoms with Crippen LogP contribution in [0.1, 0.15) is 29.2 Å². The highest BCUT2D eigenvalue weighted by Gasteiger charge is 2.27. The van der Waals surface area contributed by atoms with E-state index in [9.17, 15) is 18.0 Å². The molecule has 2 N–H and O–H groups in total. The van der Waals surface area contributed by atoms with E-state index in [1.165, 1.54) is 6.92 Å². The molecule has 0 fully saturated rings. The van der Waals surface area contributed by atoms with E-state index in [0.29, 0.717) is 16.8 Å². The predicted octanol–water partition coefficient (Wildman–Crippen LogP) is 2.77. The lowest BCUT2D eigenvalue weighted by Gasteiger charge is -2.18. The number of rotatable bonds is 7. The van der Waals surface area contributed by atoms with Gasteiger partial charge >= 0.3 is 5.97 Å². The average Bonchev–Trinajstić information content (AvgIpc) is 2.65. The summed E-state index contributed by atoms with van der Waals surface area (Å²) in [6.07, 6.45) is 0. The van der Waals surface area contributed by atoms with Gasteiger partial charge in [0.15, 0.2) is 6.61 Å². The summed E-state index contributed by atoms with van der Waals surface area (Å²) in [6.45, 7) is 8.00. The fraction of sp³-hybridized carbons (Fsp3) is 0.333. The first-order chi connectivity index (χ1) is 13.5. The van der Waals surface area contributed by atoms with E-state index in [4.69, 9.17) is 4.74 Å². The molecule has 0 saturated carbocycles. The number of para-hydroxylation sites is 1. The summed E-state index contributed by atoms with van der Waals surface area (Å²) in [5, 5.41) is 2.58. The zero-order valence-electron chi connectivity index (χ0n) is 17.2. The van der Waals surface area contributed by atoms with Gasteiger partial charge in [0.1, 0.15) is 6.04 Å². The number of aryl methyl sites for hydroxylation is 2. The van der Waals surface area contributed by atoms with Crippen molar-refractivity contribution in [2.45, 2.75) is 45.6 Å². The van der Waals surface area contributed by atoms with Crippen molar-refractivity contribution in [3.8, 4) is 0 Å². The predicted molar refractivity (Wildman–Crippen MR) is 111 cm³/mol. The molecule has 7 nitrogen and oxygen atoms in total. The first-order valence-corrected chi connectivity index (χ1v) is 10.6. The Morgan fingerprint density at radius 2 is 1.55 bits per heavy atom. The molecular formula is C21H26N2O5S. The summed E-state index contributed by atoms with van der Waals surface area (Å²) < 4.78 is 33.0. The van der Waals surface area contributed by atoms with Crippen molar-refractivity contribution in [3.05, 3.63) is 58.7 Å². The minimum atomic E-state index is -3.95. The molecule has 0 bridgehead atoms. The van der Waals surface area contributed by atoms with Crippen LogP contribution >= 0.6 is 0 Å². The van der Waals surface area contributed by atoms with Gasteiger partial charge in [-0.15, -0.1) is 0 Å². The third-order valence-electron chi connectivity index (χ3n) is 4.65. The van der Waals surface area contributed by atoms with Crippen molar-refractivity contribution in [2.24, 2.45) is 0 Å². The Morgan fingerprint density at radius 3 is 2.10 bits per heavy atom. The minimum Gasteiger partial charge on any atom is -0.454 e. The summed E-state index contributed by atoms with van der Waals surface area (Å²) >= 11 is 0. The zero-order chi connectivity index (χ0) is 21.8. The van der Waals surface area contributed by atoms with E-state index < -0.39 is 34.5 Å². The third-order valence-corrected chi connectivity index (χ3v) is 6.47. The molecule has 0 unspecified atom stereocenters. The number of carbonyl (C=O) groups excluding carboxylic acids is 2. The van der Waals surface area contributed by atoms with Crippen molar-refractivity contribution in [1.29, 1.82) is 0 Å². The van der Waals surface area contributed by atoms with Crippen LogP contribution in [-0.4, -0.2) is 32.9 Å². The quantitative estimate of drug-likeness (QED) is 0.673. The minimum absolute atomic E-state index is 0.163. The van der Waals surface area contributed by atoms with Crippen LogP contribution in [0.25, 0.3) is 0 Å². The molecule has 1 amide bonds. The fourth-order valence-electron chi connectivity index (χ4n) is 2.90. The number of hydrogen-bond donors (Lipinski definition) is 2. The van der Waals surface area contributed by atoms with Crippen LogP contribution in [0.2, 0.25) is 0 Å². The van der Waals surface area contributed by atoms with E-state index in [0.717, 1.165) is 11.1 Å². The fourth-order valence-corrected chi connectivity index (χ4v) is 4.71. The highest BCUT2D eigenvalue weighted by atomic mass is 32.2. The van der Waals surface area contributed by atoms with Crippen LogP contribution in [0.4, 0.5) is 5.69 Å². The van der Waals surface area contributed by atoms with E-state index in [1.807, 2.05) is 26.0 Å². The van der Waals surface area contributed by atoms with E-state index in [-0.39, 0.29) is 4.90 Å². The highest BCUT2D eigenvalue weighted by Crippen LogP contribution is 2.26. The maximum Gasteiger partial charge on any atom is 0.324 e. The van der Waals surface area contributed by atoms with Crippen molar-refractivity contribution in [1.82, 2.24) is 4.72 Å². The van der Waals surface area contributed by atoms with Gasteiger partial charge < -0.3 is 10.1 Å². The molecule has 156 valence electrons. The zero-order valence-corrected chi connectivity index (χ0v) is 18.0. The number of anilines is 1. The Morgan fingerprint density at radius 1 is 1.00 bits per heavy atom. The lowest BCUT2D eigenvalue weighted by Crippen LogP contribution is -2.41. The van der Waals surface area contributed by atoms with Gasteiger partial charge in [0, 0.05) is 5.69 Å². The van der Waals surface area contributed by atoms with E-state index in [2.05, 4.69) is 10.0 Å². The maximum absolute atomic E-state index is 12.9. The van der Waals surface area contributed by atoms with Gasteiger partial charge in [0.25, 0.3) is 5.91 Å². The molecule has 0 saturated heterocycles. The number of ether oxygens (including phenoxy) is 1. The van der Waals surface area contributed by atoms with Gasteiger partial charge in [0.05, 0.1) is 4.90 Å². The molecular weight excluding hydrogens is 392 g/mol. The summed E-state index contributed by atoms with van der Waals surface area (Å²) in [4.78, 5) is 24.2. The molecule has 29 heavy (non-hydrogen) atoms. The maximum atomic E-state index is 12.9. The van der Waals surface area contributed by atoms with Crippen LogP contribution in [0, 0.1) is 27.7 Å². The van der Waals surface area contributed by atoms with Crippen molar-refractivity contribution < 1.29 is 22.7 Å². The molecule has 0 aromatic heterocycles. The van der Waals surface area contributed by atoms with Crippen molar-refractivity contribution >= 4 is 27.6 Å². The first-order valence-electron chi connectivity index (χ1n) is 9.14. The van der Waals surface area contributed by atoms with Gasteiger partial charge in [-0.2, -0.15) is 4.72 Å². The van der Waals surface area contributed by atoms with Crippen LogP contribution in [0.3, 0.4) is 0 Å². The molecule has 2 aromatic rings. The second kappa shape index (κ2) is 9.19. The Labute approximate surface area is 171 Å². The van der Waals surface area contributed by atoms with Crippen molar-refractivity contribution in [2.75, 3.05) is 11.9 Å². The lowest BCUT2D eigenvalue weighted by molar-refractivity contribution is -0.148. The van der Waals surface area contributed by atoms with Crippen LogP contribution < -0.4 is 10.0 Å². The number of hydrogen-bond acceptors (Lipinski definition) is 5. The van der Waals surface area contributed by atoms with Gasteiger partial charge in [0.2, 0.25) is 10.0 Å². The third kappa shape index (κ3) is 5.65. The molecule has 0 spiro atoms. The molecule has 0 aliphatic rings. The SMILES string of the molecule is Cc1cc(C)c(C)c(S(=O)(=O)N[C@@H](C)C(=O)OCC(=O)Nc2ccccc2)c1C. The monoisotopic (exact) mass is 418 g/mol. The van der Waals surface area contributed by atoms with E-state index in [1.54, 1.807) is 38.1 Å². The summed E-state index contributed by atoms with van der Waals surface area (Å²) in [6, 6.07) is 9.50. The number of nitrogens with one attached hydrogen (secondary N) is 2. The number of carbonyl (C=O) groups is 2. The van der Waals surface area contributed by atoms with Crippen molar-refractivity contribution in [3.63, 3.8) is 0 Å². The molecule has 0 radical (unpaired) electrons. The highest BCUT2D eigenvalue weighted by molar-refractivity contribution is 7.89. The second-order valence-corrected chi connectivity index (χ2v) is 8.61. The smallest absolute Gasteiger partial charge is 0.324 e. The van der Waals surface area contributed by atoms with Gasteiger partial charge in [-0.05, 0) is 69.0 Å². The molecule has 0 aliphatic heterocycles. The molecule has 0 aliphatic carbocycles. The Balaban J connectivity index is 2.03. The molecule has 2 aromatic carbocycles. The standard InChI is InChI=1S/C21H26N2O5S/c1-13-11-14(2)16(4)20(15(13)3)29(26,27)23-17(5)21(25)28-12-19(24)22-18-9-7-6-8-10-18/h6-11,17,23H,12H2,1-5H3,(H,22,24)/t17-/m0/s1. The van der Waals surface area contributed by atoms with Gasteiger partial charge in [-0.25, -0.2) is 8.42 Å². The Hall–Kier alpha value is -2.71. The Kier molecular flexibility index (Phi) is 7.16. The summed E-state index contributed by atoms with van der Waals surface area (Å²) in [5.74, 6) is -1.35. The molecule has 0 heterocycles. The van der Waals surface area contributed by atoms with Gasteiger partial charge in [-0.1, -0.05) is 24.3 Å². The van der Waals surface area contributed by atoms with Gasteiger partial charge in [-0.3, -0.25) is 9.59 Å². The summed E-state index contributed by atoms with van der Waals surface area (Å²) in [7, 11) is -3.95.